The number of fused-ring (bicyclic) bond motifs is 1. The summed E-state index contributed by atoms with van der Waals surface area (Å²) in [5.74, 6) is 0.00427. The minimum atomic E-state index is 0.00427. The van der Waals surface area contributed by atoms with E-state index < -0.39 is 0 Å². The quantitative estimate of drug-likeness (QED) is 0.715. The van der Waals surface area contributed by atoms with Gasteiger partial charge in [-0.2, -0.15) is 5.26 Å². The Balaban J connectivity index is 2.28. The molecule has 0 fully saturated rings. The number of rotatable bonds is 1. The molecular weight excluding hydrogens is 236 g/mol. The second-order valence-electron chi connectivity index (χ2n) is 4.25. The SMILES string of the molecule is N#Cc1cc(-c2cccc3ccncc23)ccc1O. The summed E-state index contributed by atoms with van der Waals surface area (Å²) >= 11 is 0. The largest absolute Gasteiger partial charge is 0.507 e. The van der Waals surface area contributed by atoms with Crippen LogP contribution < -0.4 is 0 Å². The van der Waals surface area contributed by atoms with Gasteiger partial charge in [0, 0.05) is 17.8 Å². The van der Waals surface area contributed by atoms with E-state index in [-0.39, 0.29) is 11.3 Å². The minimum Gasteiger partial charge on any atom is -0.507 e. The van der Waals surface area contributed by atoms with Gasteiger partial charge in [0.1, 0.15) is 11.8 Å². The van der Waals surface area contributed by atoms with Crippen LogP contribution in [0.15, 0.2) is 54.9 Å². The van der Waals surface area contributed by atoms with Crippen LogP contribution in [0.1, 0.15) is 5.56 Å². The van der Waals surface area contributed by atoms with Crippen LogP contribution in [-0.4, -0.2) is 10.1 Å². The zero-order valence-corrected chi connectivity index (χ0v) is 10.0. The molecule has 19 heavy (non-hydrogen) atoms. The first-order valence-electron chi connectivity index (χ1n) is 5.86. The normalized spacial score (nSPS) is 10.3. The molecule has 0 amide bonds. The van der Waals surface area contributed by atoms with Gasteiger partial charge in [0.2, 0.25) is 0 Å². The molecule has 0 radical (unpaired) electrons. The number of aromatic nitrogens is 1. The summed E-state index contributed by atoms with van der Waals surface area (Å²) in [6, 6.07) is 14.9. The second kappa shape index (κ2) is 4.43. The Hall–Kier alpha value is -2.86. The molecule has 3 heteroatoms. The first-order chi connectivity index (χ1) is 9.29. The van der Waals surface area contributed by atoms with Crippen molar-refractivity contribution >= 4 is 10.8 Å². The Morgan fingerprint density at radius 2 is 2.00 bits per heavy atom. The number of phenols is 1. The predicted molar refractivity (Wildman–Crippen MR) is 73.6 cm³/mol. The molecule has 1 heterocycles. The maximum Gasteiger partial charge on any atom is 0.133 e. The fraction of sp³-hybridized carbons (Fsp3) is 0. The average molecular weight is 246 g/mol. The highest BCUT2D eigenvalue weighted by Crippen LogP contribution is 2.30. The van der Waals surface area contributed by atoms with E-state index in [1.54, 1.807) is 24.4 Å². The third-order valence-electron chi connectivity index (χ3n) is 3.11. The lowest BCUT2D eigenvalue weighted by molar-refractivity contribution is 0.473. The number of phenolic OH excluding ortho intramolecular Hbond substituents is 1. The van der Waals surface area contributed by atoms with Gasteiger partial charge in [0.25, 0.3) is 0 Å². The van der Waals surface area contributed by atoms with Gasteiger partial charge >= 0.3 is 0 Å². The van der Waals surface area contributed by atoms with Crippen LogP contribution in [0.25, 0.3) is 21.9 Å². The highest BCUT2D eigenvalue weighted by atomic mass is 16.3. The van der Waals surface area contributed by atoms with E-state index in [0.29, 0.717) is 0 Å². The van der Waals surface area contributed by atoms with Crippen molar-refractivity contribution in [2.24, 2.45) is 0 Å². The molecule has 0 saturated carbocycles. The number of nitriles is 1. The van der Waals surface area contributed by atoms with Crippen LogP contribution in [0, 0.1) is 11.3 Å². The standard InChI is InChI=1S/C16H10N2O/c17-9-13-8-12(4-5-16(13)19)14-3-1-2-11-6-7-18-10-15(11)14/h1-8,10,19H. The summed E-state index contributed by atoms with van der Waals surface area (Å²) in [5, 5.41) is 20.7. The first-order valence-corrected chi connectivity index (χ1v) is 5.86. The molecule has 0 aliphatic rings. The van der Waals surface area contributed by atoms with Gasteiger partial charge in [-0.15, -0.1) is 0 Å². The topological polar surface area (TPSA) is 56.9 Å². The van der Waals surface area contributed by atoms with E-state index in [9.17, 15) is 5.11 Å². The molecule has 0 bridgehead atoms. The van der Waals surface area contributed by atoms with Crippen LogP contribution in [0.2, 0.25) is 0 Å². The van der Waals surface area contributed by atoms with Crippen molar-refractivity contribution in [1.29, 1.82) is 5.26 Å². The summed E-state index contributed by atoms with van der Waals surface area (Å²) < 4.78 is 0. The van der Waals surface area contributed by atoms with Gasteiger partial charge in [-0.1, -0.05) is 24.3 Å². The van der Waals surface area contributed by atoms with E-state index in [1.165, 1.54) is 0 Å². The zero-order valence-electron chi connectivity index (χ0n) is 10.0. The van der Waals surface area contributed by atoms with E-state index >= 15 is 0 Å². The van der Waals surface area contributed by atoms with Crippen molar-refractivity contribution in [1.82, 2.24) is 4.98 Å². The molecule has 1 aromatic heterocycles. The van der Waals surface area contributed by atoms with Crippen molar-refractivity contribution in [2.45, 2.75) is 0 Å². The van der Waals surface area contributed by atoms with Crippen molar-refractivity contribution in [2.75, 3.05) is 0 Å². The lowest BCUT2D eigenvalue weighted by Gasteiger charge is -2.07. The Morgan fingerprint density at radius 1 is 1.11 bits per heavy atom. The summed E-state index contributed by atoms with van der Waals surface area (Å²) in [4.78, 5) is 4.14. The predicted octanol–water partition coefficient (Wildman–Crippen LogP) is 3.48. The Bertz CT molecular complexity index is 798. The highest BCUT2D eigenvalue weighted by molar-refractivity contribution is 5.96. The van der Waals surface area contributed by atoms with Crippen LogP contribution in [0.5, 0.6) is 5.75 Å². The van der Waals surface area contributed by atoms with E-state index in [1.807, 2.05) is 36.5 Å². The third kappa shape index (κ3) is 1.90. The lowest BCUT2D eigenvalue weighted by atomic mass is 9.98. The molecule has 0 unspecified atom stereocenters. The summed E-state index contributed by atoms with van der Waals surface area (Å²) in [5.41, 5.74) is 2.17. The Morgan fingerprint density at radius 3 is 2.84 bits per heavy atom. The van der Waals surface area contributed by atoms with Gasteiger partial charge in [0.15, 0.2) is 0 Å². The molecule has 1 N–H and O–H groups in total. The molecule has 90 valence electrons. The van der Waals surface area contributed by atoms with Crippen LogP contribution in [-0.2, 0) is 0 Å². The molecule has 3 nitrogen and oxygen atoms in total. The number of hydrogen-bond donors (Lipinski definition) is 1. The number of hydrogen-bond acceptors (Lipinski definition) is 3. The van der Waals surface area contributed by atoms with E-state index in [2.05, 4.69) is 4.98 Å². The van der Waals surface area contributed by atoms with E-state index in [4.69, 9.17) is 5.26 Å². The molecular formula is C16H10N2O. The summed E-state index contributed by atoms with van der Waals surface area (Å²) in [6.07, 6.45) is 3.56. The van der Waals surface area contributed by atoms with Crippen molar-refractivity contribution in [3.05, 3.63) is 60.4 Å². The molecule has 0 saturated heterocycles. The monoisotopic (exact) mass is 246 g/mol. The van der Waals surface area contributed by atoms with Crippen molar-refractivity contribution in [3.8, 4) is 22.9 Å². The Labute approximate surface area is 110 Å². The minimum absolute atomic E-state index is 0.00427. The van der Waals surface area contributed by atoms with Crippen LogP contribution >= 0.6 is 0 Å². The smallest absolute Gasteiger partial charge is 0.133 e. The fourth-order valence-corrected chi connectivity index (χ4v) is 2.16. The van der Waals surface area contributed by atoms with Gasteiger partial charge < -0.3 is 5.11 Å². The molecule has 2 aromatic carbocycles. The lowest BCUT2D eigenvalue weighted by Crippen LogP contribution is -1.84. The van der Waals surface area contributed by atoms with Gasteiger partial charge in [-0.25, -0.2) is 0 Å². The van der Waals surface area contributed by atoms with E-state index in [0.717, 1.165) is 21.9 Å². The van der Waals surface area contributed by atoms with Gasteiger partial charge in [-0.05, 0) is 34.7 Å². The molecule has 0 aliphatic carbocycles. The maximum atomic E-state index is 9.56. The van der Waals surface area contributed by atoms with Gasteiger partial charge in [0.05, 0.1) is 5.56 Å². The highest BCUT2D eigenvalue weighted by Gasteiger charge is 2.07. The fourth-order valence-electron chi connectivity index (χ4n) is 2.16. The Kier molecular flexibility index (Phi) is 2.62. The first kappa shape index (κ1) is 11.2. The number of nitrogens with zero attached hydrogens (tertiary/aromatic N) is 2. The number of pyridine rings is 1. The summed E-state index contributed by atoms with van der Waals surface area (Å²) in [6.45, 7) is 0. The van der Waals surface area contributed by atoms with Crippen molar-refractivity contribution in [3.63, 3.8) is 0 Å². The number of benzene rings is 2. The van der Waals surface area contributed by atoms with Gasteiger partial charge in [-0.3, -0.25) is 4.98 Å². The van der Waals surface area contributed by atoms with Crippen LogP contribution in [0.3, 0.4) is 0 Å². The zero-order chi connectivity index (χ0) is 13.2. The molecule has 0 spiro atoms. The molecule has 3 aromatic rings. The second-order valence-corrected chi connectivity index (χ2v) is 4.25. The van der Waals surface area contributed by atoms with Crippen LogP contribution in [0.4, 0.5) is 0 Å². The third-order valence-corrected chi connectivity index (χ3v) is 3.11. The van der Waals surface area contributed by atoms with Crippen molar-refractivity contribution < 1.29 is 5.11 Å². The summed E-state index contributed by atoms with van der Waals surface area (Å²) in [7, 11) is 0. The molecule has 3 rings (SSSR count). The molecule has 0 aliphatic heterocycles. The maximum absolute atomic E-state index is 9.56. The average Bonchev–Trinajstić information content (AvgIpc) is 2.47. The number of aromatic hydroxyl groups is 1. The molecule has 0 atom stereocenters.